The van der Waals surface area contributed by atoms with Crippen molar-refractivity contribution >= 4 is 21.8 Å². The Hall–Kier alpha value is -1.12. The van der Waals surface area contributed by atoms with Crippen molar-refractivity contribution in [3.8, 4) is 0 Å². The predicted molar refractivity (Wildman–Crippen MR) is 74.0 cm³/mol. The van der Waals surface area contributed by atoms with Crippen LogP contribution in [0.15, 0.2) is 22.7 Å². The highest BCUT2D eigenvalue weighted by Gasteiger charge is 2.35. The van der Waals surface area contributed by atoms with E-state index in [2.05, 4.69) is 21.2 Å². The summed E-state index contributed by atoms with van der Waals surface area (Å²) in [7, 11) is 0. The van der Waals surface area contributed by atoms with E-state index >= 15 is 0 Å². The number of hydrogen-bond donors (Lipinski definition) is 2. The number of halogens is 4. The van der Waals surface area contributed by atoms with Gasteiger partial charge in [0.05, 0.1) is 24.3 Å². The number of aliphatic hydroxyl groups is 1. The monoisotopic (exact) mass is 369 g/mol. The quantitative estimate of drug-likeness (QED) is 0.726. The number of nitrogens with one attached hydrogen (secondary N) is 1. The van der Waals surface area contributed by atoms with Gasteiger partial charge in [-0.15, -0.1) is 0 Å². The van der Waals surface area contributed by atoms with Crippen molar-refractivity contribution in [1.29, 1.82) is 0 Å². The zero-order valence-electron chi connectivity index (χ0n) is 11.0. The molecule has 1 aromatic rings. The lowest BCUT2D eigenvalue weighted by molar-refractivity contribution is -0.138. The van der Waals surface area contributed by atoms with E-state index in [1.165, 1.54) is 6.07 Å². The third kappa shape index (κ3) is 6.03. The number of benzene rings is 1. The lowest BCUT2D eigenvalue weighted by atomic mass is 10.1. The molecule has 1 aromatic carbocycles. The summed E-state index contributed by atoms with van der Waals surface area (Å²) >= 11 is 2.96. The van der Waals surface area contributed by atoms with Gasteiger partial charge in [0.25, 0.3) is 5.91 Å². The van der Waals surface area contributed by atoms with Gasteiger partial charge in [-0.25, -0.2) is 0 Å². The Labute approximate surface area is 128 Å². The molecule has 1 rings (SSSR count). The van der Waals surface area contributed by atoms with Crippen LogP contribution in [0.25, 0.3) is 0 Å². The van der Waals surface area contributed by atoms with Crippen molar-refractivity contribution in [2.24, 2.45) is 0 Å². The fraction of sp³-hybridized carbons (Fsp3) is 0.462. The Kier molecular flexibility index (Phi) is 7.13. The SMILES string of the molecule is O=C(NCCCOCCO)c1ccc(Br)cc1C(F)(F)F. The van der Waals surface area contributed by atoms with Crippen LogP contribution in [0, 0.1) is 0 Å². The molecule has 0 aromatic heterocycles. The van der Waals surface area contributed by atoms with E-state index in [4.69, 9.17) is 9.84 Å². The zero-order chi connectivity index (χ0) is 15.9. The van der Waals surface area contributed by atoms with Crippen LogP contribution in [0.3, 0.4) is 0 Å². The van der Waals surface area contributed by atoms with E-state index in [-0.39, 0.29) is 24.2 Å². The zero-order valence-corrected chi connectivity index (χ0v) is 12.6. The molecule has 0 unspecified atom stereocenters. The highest BCUT2D eigenvalue weighted by Crippen LogP contribution is 2.33. The molecule has 0 aliphatic carbocycles. The maximum atomic E-state index is 12.9. The normalized spacial score (nSPS) is 11.5. The second-order valence-corrected chi connectivity index (χ2v) is 5.05. The van der Waals surface area contributed by atoms with Crippen molar-refractivity contribution in [3.63, 3.8) is 0 Å². The molecule has 2 N–H and O–H groups in total. The molecule has 8 heteroatoms. The highest BCUT2D eigenvalue weighted by atomic mass is 79.9. The molecule has 118 valence electrons. The van der Waals surface area contributed by atoms with Crippen LogP contribution in [-0.2, 0) is 10.9 Å². The van der Waals surface area contributed by atoms with Gasteiger partial charge >= 0.3 is 6.18 Å². The highest BCUT2D eigenvalue weighted by molar-refractivity contribution is 9.10. The first kappa shape index (κ1) is 17.9. The summed E-state index contributed by atoms with van der Waals surface area (Å²) in [4.78, 5) is 11.8. The second-order valence-electron chi connectivity index (χ2n) is 4.13. The van der Waals surface area contributed by atoms with E-state index in [1.807, 2.05) is 0 Å². The van der Waals surface area contributed by atoms with Gasteiger partial charge < -0.3 is 15.2 Å². The van der Waals surface area contributed by atoms with Crippen molar-refractivity contribution in [2.75, 3.05) is 26.4 Å². The minimum atomic E-state index is -4.60. The van der Waals surface area contributed by atoms with Gasteiger partial charge in [0.1, 0.15) is 0 Å². The minimum Gasteiger partial charge on any atom is -0.394 e. The maximum Gasteiger partial charge on any atom is 0.417 e. The van der Waals surface area contributed by atoms with E-state index < -0.39 is 23.2 Å². The van der Waals surface area contributed by atoms with Gasteiger partial charge in [0.15, 0.2) is 0 Å². The molecule has 0 saturated heterocycles. The number of rotatable bonds is 7. The van der Waals surface area contributed by atoms with E-state index in [9.17, 15) is 18.0 Å². The van der Waals surface area contributed by atoms with Crippen molar-refractivity contribution < 1.29 is 27.8 Å². The van der Waals surface area contributed by atoms with Gasteiger partial charge in [-0.2, -0.15) is 13.2 Å². The molecule has 0 radical (unpaired) electrons. The third-order valence-corrected chi connectivity index (χ3v) is 3.01. The number of carbonyl (C=O) groups excluding carboxylic acids is 1. The first-order chi connectivity index (χ1) is 9.86. The summed E-state index contributed by atoms with van der Waals surface area (Å²) in [6.07, 6.45) is -4.15. The second kappa shape index (κ2) is 8.35. The third-order valence-electron chi connectivity index (χ3n) is 2.52. The van der Waals surface area contributed by atoms with Crippen LogP contribution in [0.1, 0.15) is 22.3 Å². The first-order valence-corrected chi connectivity index (χ1v) is 6.99. The molecular weight excluding hydrogens is 355 g/mol. The number of alkyl halides is 3. The average molecular weight is 370 g/mol. The molecule has 0 aliphatic rings. The van der Waals surface area contributed by atoms with E-state index in [0.717, 1.165) is 12.1 Å². The number of carbonyl (C=O) groups is 1. The fourth-order valence-electron chi connectivity index (χ4n) is 1.59. The van der Waals surface area contributed by atoms with Crippen LogP contribution in [0.4, 0.5) is 13.2 Å². The molecule has 0 bridgehead atoms. The van der Waals surface area contributed by atoms with Crippen molar-refractivity contribution in [2.45, 2.75) is 12.6 Å². The standard InChI is InChI=1S/C13H15BrF3NO3/c14-9-2-3-10(11(8-9)13(15,16)17)12(20)18-4-1-6-21-7-5-19/h2-3,8,19H,1,4-7H2,(H,18,20). The van der Waals surface area contributed by atoms with Gasteiger partial charge in [-0.3, -0.25) is 4.79 Å². The number of hydrogen-bond acceptors (Lipinski definition) is 3. The topological polar surface area (TPSA) is 58.6 Å². The predicted octanol–water partition coefficient (Wildman–Crippen LogP) is 2.60. The van der Waals surface area contributed by atoms with Gasteiger partial charge in [-0.1, -0.05) is 15.9 Å². The van der Waals surface area contributed by atoms with Crippen molar-refractivity contribution in [3.05, 3.63) is 33.8 Å². The molecule has 0 atom stereocenters. The maximum absolute atomic E-state index is 12.9. The van der Waals surface area contributed by atoms with Crippen LogP contribution in [0.2, 0.25) is 0 Å². The summed E-state index contributed by atoms with van der Waals surface area (Å²) in [5.41, 5.74) is -1.40. The van der Waals surface area contributed by atoms with Gasteiger partial charge in [0.2, 0.25) is 0 Å². The Morgan fingerprint density at radius 1 is 1.33 bits per heavy atom. The summed E-state index contributed by atoms with van der Waals surface area (Å²) in [5.74, 6) is -0.781. The average Bonchev–Trinajstić information content (AvgIpc) is 2.41. The summed E-state index contributed by atoms with van der Waals surface area (Å²) in [5, 5.41) is 10.9. The summed E-state index contributed by atoms with van der Waals surface area (Å²) in [6, 6.07) is 3.39. The van der Waals surface area contributed by atoms with Crippen LogP contribution in [0.5, 0.6) is 0 Å². The molecular formula is C13H15BrF3NO3. The van der Waals surface area contributed by atoms with Gasteiger partial charge in [0, 0.05) is 17.6 Å². The largest absolute Gasteiger partial charge is 0.417 e. The number of amides is 1. The van der Waals surface area contributed by atoms with Crippen LogP contribution in [-0.4, -0.2) is 37.4 Å². The Morgan fingerprint density at radius 3 is 2.67 bits per heavy atom. The molecule has 0 saturated carbocycles. The van der Waals surface area contributed by atoms with E-state index in [1.54, 1.807) is 0 Å². The first-order valence-electron chi connectivity index (χ1n) is 6.20. The molecule has 4 nitrogen and oxygen atoms in total. The minimum absolute atomic E-state index is 0.0970. The fourth-order valence-corrected chi connectivity index (χ4v) is 1.95. The molecule has 1 amide bonds. The Balaban J connectivity index is 2.62. The number of aliphatic hydroxyl groups excluding tert-OH is 1. The molecule has 0 heterocycles. The smallest absolute Gasteiger partial charge is 0.394 e. The van der Waals surface area contributed by atoms with Gasteiger partial charge in [-0.05, 0) is 24.6 Å². The molecule has 21 heavy (non-hydrogen) atoms. The Morgan fingerprint density at radius 2 is 2.05 bits per heavy atom. The molecule has 0 aliphatic heterocycles. The number of ether oxygens (including phenoxy) is 1. The van der Waals surface area contributed by atoms with E-state index in [0.29, 0.717) is 13.0 Å². The van der Waals surface area contributed by atoms with Crippen molar-refractivity contribution in [1.82, 2.24) is 5.32 Å². The lowest BCUT2D eigenvalue weighted by Gasteiger charge is -2.13. The lowest BCUT2D eigenvalue weighted by Crippen LogP contribution is -2.27. The summed E-state index contributed by atoms with van der Waals surface area (Å²) in [6.45, 7) is 0.601. The summed E-state index contributed by atoms with van der Waals surface area (Å²) < 4.78 is 43.8. The molecule has 0 spiro atoms. The van der Waals surface area contributed by atoms with Crippen LogP contribution >= 0.6 is 15.9 Å². The Bertz CT molecular complexity index is 480. The molecule has 0 fully saturated rings. The van der Waals surface area contributed by atoms with Crippen LogP contribution < -0.4 is 5.32 Å².